The molecule has 0 aromatic heterocycles. The predicted octanol–water partition coefficient (Wildman–Crippen LogP) is 2.14. The molecule has 2 N–H and O–H groups in total. The SMILES string of the molecule is CC1=C(c2ccc(Cc3ccc(C4=C(C)C(=O)NC4=O)cc3)cc2)C(=O)NC1=O. The van der Waals surface area contributed by atoms with Gasteiger partial charge in [0.1, 0.15) is 0 Å². The van der Waals surface area contributed by atoms with Gasteiger partial charge in [0.15, 0.2) is 0 Å². The van der Waals surface area contributed by atoms with Crippen LogP contribution in [-0.4, -0.2) is 23.6 Å². The molecule has 4 rings (SSSR count). The molecule has 0 aliphatic carbocycles. The van der Waals surface area contributed by atoms with Crippen molar-refractivity contribution in [3.8, 4) is 0 Å². The van der Waals surface area contributed by atoms with E-state index < -0.39 is 0 Å². The zero-order valence-corrected chi connectivity index (χ0v) is 16.0. The Hall–Kier alpha value is -3.80. The van der Waals surface area contributed by atoms with E-state index in [9.17, 15) is 19.2 Å². The van der Waals surface area contributed by atoms with Crippen molar-refractivity contribution < 1.29 is 19.2 Å². The normalized spacial score (nSPS) is 16.6. The molecule has 6 heteroatoms. The predicted molar refractivity (Wildman–Crippen MR) is 107 cm³/mol. The summed E-state index contributed by atoms with van der Waals surface area (Å²) in [6.07, 6.45) is 0.673. The quantitative estimate of drug-likeness (QED) is 0.788. The Morgan fingerprint density at radius 1 is 0.552 bits per heavy atom. The molecule has 144 valence electrons. The van der Waals surface area contributed by atoms with Crippen molar-refractivity contribution in [2.45, 2.75) is 20.3 Å². The molecule has 4 amide bonds. The largest absolute Gasteiger partial charge is 0.288 e. The first-order valence-electron chi connectivity index (χ1n) is 9.17. The average molecular weight is 386 g/mol. The minimum absolute atomic E-state index is 0.350. The molecule has 0 bridgehead atoms. The Kier molecular flexibility index (Phi) is 4.47. The summed E-state index contributed by atoms with van der Waals surface area (Å²) in [5.74, 6) is -1.43. The van der Waals surface area contributed by atoms with Gasteiger partial charge >= 0.3 is 0 Å². The number of imide groups is 2. The number of hydrogen-bond acceptors (Lipinski definition) is 4. The molecule has 0 saturated carbocycles. The highest BCUT2D eigenvalue weighted by Gasteiger charge is 2.28. The number of amides is 4. The third-order valence-electron chi connectivity index (χ3n) is 5.23. The molecule has 0 atom stereocenters. The van der Waals surface area contributed by atoms with Crippen molar-refractivity contribution in [2.75, 3.05) is 0 Å². The van der Waals surface area contributed by atoms with E-state index >= 15 is 0 Å². The van der Waals surface area contributed by atoms with Gasteiger partial charge in [0.25, 0.3) is 23.6 Å². The maximum atomic E-state index is 11.9. The minimum atomic E-state index is -0.366. The summed E-state index contributed by atoms with van der Waals surface area (Å²) in [5.41, 5.74) is 5.21. The third-order valence-corrected chi connectivity index (χ3v) is 5.23. The maximum absolute atomic E-state index is 11.9. The summed E-state index contributed by atoms with van der Waals surface area (Å²) in [6.45, 7) is 3.28. The fourth-order valence-electron chi connectivity index (χ4n) is 3.60. The lowest BCUT2D eigenvalue weighted by Crippen LogP contribution is -2.22. The van der Waals surface area contributed by atoms with E-state index in [1.165, 1.54) is 0 Å². The van der Waals surface area contributed by atoms with Gasteiger partial charge in [0.2, 0.25) is 0 Å². The van der Waals surface area contributed by atoms with Crippen molar-refractivity contribution in [1.82, 2.24) is 10.6 Å². The van der Waals surface area contributed by atoms with E-state index in [0.717, 1.165) is 11.1 Å². The lowest BCUT2D eigenvalue weighted by molar-refractivity contribution is -0.125. The number of nitrogens with one attached hydrogen (secondary N) is 2. The first kappa shape index (κ1) is 18.6. The van der Waals surface area contributed by atoms with Gasteiger partial charge in [-0.3, -0.25) is 29.8 Å². The molecule has 2 aromatic rings. The summed E-state index contributed by atoms with van der Waals surface area (Å²) in [6, 6.07) is 15.1. The van der Waals surface area contributed by atoms with Crippen LogP contribution in [0.4, 0.5) is 0 Å². The molecular weight excluding hydrogens is 368 g/mol. The lowest BCUT2D eigenvalue weighted by atomic mass is 9.97. The van der Waals surface area contributed by atoms with Crippen molar-refractivity contribution in [3.05, 3.63) is 81.9 Å². The second kappa shape index (κ2) is 6.98. The Balaban J connectivity index is 1.52. The van der Waals surface area contributed by atoms with Crippen LogP contribution in [-0.2, 0) is 25.6 Å². The fourth-order valence-corrected chi connectivity index (χ4v) is 3.60. The van der Waals surface area contributed by atoms with E-state index in [0.29, 0.717) is 39.8 Å². The summed E-state index contributed by atoms with van der Waals surface area (Å²) in [4.78, 5) is 47.1. The second-order valence-electron chi connectivity index (χ2n) is 7.14. The molecule has 6 nitrogen and oxygen atoms in total. The van der Waals surface area contributed by atoms with Crippen LogP contribution in [0.2, 0.25) is 0 Å². The second-order valence-corrected chi connectivity index (χ2v) is 7.14. The molecule has 2 aliphatic rings. The van der Waals surface area contributed by atoms with E-state index in [-0.39, 0.29) is 23.6 Å². The lowest BCUT2D eigenvalue weighted by Gasteiger charge is -2.07. The Bertz CT molecular complexity index is 1040. The number of rotatable bonds is 4. The number of hydrogen-bond donors (Lipinski definition) is 2. The van der Waals surface area contributed by atoms with E-state index in [2.05, 4.69) is 10.6 Å². The van der Waals surface area contributed by atoms with Crippen LogP contribution in [0.1, 0.15) is 36.1 Å². The van der Waals surface area contributed by atoms with Gasteiger partial charge in [-0.1, -0.05) is 48.5 Å². The van der Waals surface area contributed by atoms with E-state index in [1.54, 1.807) is 13.8 Å². The standard InChI is InChI=1S/C23H18N2O4/c1-12-18(22(28)24-20(12)26)16-7-3-14(4-8-16)11-15-5-9-17(10-6-15)19-13(2)21(27)25-23(19)29/h3-10H,11H2,1-2H3,(H,24,26,28)(H,25,27,29). The highest BCUT2D eigenvalue weighted by molar-refractivity contribution is 6.36. The molecular formula is C23H18N2O4. The Morgan fingerprint density at radius 3 is 1.17 bits per heavy atom. The van der Waals surface area contributed by atoms with Crippen LogP contribution < -0.4 is 10.6 Å². The number of carbonyl (C=O) groups excluding carboxylic acids is 4. The van der Waals surface area contributed by atoms with Crippen LogP contribution in [0.3, 0.4) is 0 Å². The van der Waals surface area contributed by atoms with Gasteiger partial charge in [-0.05, 0) is 42.5 Å². The van der Waals surface area contributed by atoms with Crippen LogP contribution in [0.25, 0.3) is 11.1 Å². The maximum Gasteiger partial charge on any atom is 0.259 e. The van der Waals surface area contributed by atoms with Crippen LogP contribution in [0, 0.1) is 0 Å². The highest BCUT2D eigenvalue weighted by Crippen LogP contribution is 2.26. The molecule has 0 spiro atoms. The molecule has 0 radical (unpaired) electrons. The summed E-state index contributed by atoms with van der Waals surface area (Å²) < 4.78 is 0. The average Bonchev–Trinajstić information content (AvgIpc) is 3.10. The van der Waals surface area contributed by atoms with Crippen LogP contribution in [0.15, 0.2) is 59.7 Å². The minimum Gasteiger partial charge on any atom is -0.288 e. The van der Waals surface area contributed by atoms with E-state index in [1.807, 2.05) is 48.5 Å². The smallest absolute Gasteiger partial charge is 0.259 e. The number of carbonyl (C=O) groups is 4. The van der Waals surface area contributed by atoms with Crippen molar-refractivity contribution in [1.29, 1.82) is 0 Å². The molecule has 2 heterocycles. The van der Waals surface area contributed by atoms with Crippen molar-refractivity contribution in [3.63, 3.8) is 0 Å². The monoisotopic (exact) mass is 386 g/mol. The number of benzene rings is 2. The molecule has 2 aliphatic heterocycles. The first-order chi connectivity index (χ1) is 13.8. The van der Waals surface area contributed by atoms with Gasteiger partial charge < -0.3 is 0 Å². The van der Waals surface area contributed by atoms with Crippen molar-refractivity contribution >= 4 is 34.8 Å². The fraction of sp³-hybridized carbons (Fsp3) is 0.130. The van der Waals surface area contributed by atoms with Gasteiger partial charge in [-0.25, -0.2) is 0 Å². The summed E-state index contributed by atoms with van der Waals surface area (Å²) >= 11 is 0. The van der Waals surface area contributed by atoms with E-state index in [4.69, 9.17) is 0 Å². The Labute approximate surface area is 167 Å². The highest BCUT2D eigenvalue weighted by atomic mass is 16.2. The molecule has 2 aromatic carbocycles. The van der Waals surface area contributed by atoms with Gasteiger partial charge in [-0.15, -0.1) is 0 Å². The van der Waals surface area contributed by atoms with Crippen molar-refractivity contribution in [2.24, 2.45) is 0 Å². The molecule has 0 unspecified atom stereocenters. The molecule has 29 heavy (non-hydrogen) atoms. The van der Waals surface area contributed by atoms with Gasteiger partial charge in [-0.2, -0.15) is 0 Å². The third kappa shape index (κ3) is 3.29. The zero-order chi connectivity index (χ0) is 20.7. The van der Waals surface area contributed by atoms with Crippen LogP contribution in [0.5, 0.6) is 0 Å². The van der Waals surface area contributed by atoms with Crippen LogP contribution >= 0.6 is 0 Å². The van der Waals surface area contributed by atoms with Gasteiger partial charge in [0, 0.05) is 11.1 Å². The molecule has 0 saturated heterocycles. The topological polar surface area (TPSA) is 92.3 Å². The molecule has 0 fully saturated rings. The first-order valence-corrected chi connectivity index (χ1v) is 9.17. The zero-order valence-electron chi connectivity index (χ0n) is 16.0. The van der Waals surface area contributed by atoms with Gasteiger partial charge in [0.05, 0.1) is 11.1 Å². The Morgan fingerprint density at radius 2 is 0.897 bits per heavy atom. The summed E-state index contributed by atoms with van der Waals surface area (Å²) in [5, 5.41) is 4.60. The summed E-state index contributed by atoms with van der Waals surface area (Å²) in [7, 11) is 0.